The van der Waals surface area contributed by atoms with E-state index in [1.165, 1.54) is 0 Å². The van der Waals surface area contributed by atoms with E-state index in [9.17, 15) is 9.59 Å². The average molecular weight is 216 g/mol. The molecule has 0 heterocycles. The fraction of sp³-hybridized carbons (Fsp3) is 0.167. The molecule has 0 saturated carbocycles. The smallest absolute Gasteiger partial charge is 0.211 e. The maximum absolute atomic E-state index is 12.1. The van der Waals surface area contributed by atoms with Crippen molar-refractivity contribution in [3.63, 3.8) is 0 Å². The lowest BCUT2D eigenvalue weighted by atomic mass is 9.90. The summed E-state index contributed by atoms with van der Waals surface area (Å²) < 4.78 is 0. The molecule has 0 unspecified atom stereocenters. The van der Waals surface area contributed by atoms with Gasteiger partial charge >= 0.3 is 0 Å². The van der Waals surface area contributed by atoms with Crippen LogP contribution in [0.1, 0.15) is 20.7 Å². The summed E-state index contributed by atoms with van der Waals surface area (Å²) in [5, 5.41) is 5.55. The molecule has 0 aliphatic heterocycles. The van der Waals surface area contributed by atoms with Crippen LogP contribution < -0.4 is 10.6 Å². The Morgan fingerprint density at radius 1 is 0.812 bits per heavy atom. The van der Waals surface area contributed by atoms with Gasteiger partial charge in [0.2, 0.25) is 11.6 Å². The lowest BCUT2D eigenvalue weighted by Crippen LogP contribution is -2.33. The second-order valence-corrected chi connectivity index (χ2v) is 3.45. The van der Waals surface area contributed by atoms with Crippen LogP contribution in [0.25, 0.3) is 0 Å². The molecule has 4 nitrogen and oxygen atoms in total. The standard InChI is InChI=1S/C12H12N2O2/c1-13-9-10(14-2)12(16)8-6-4-3-5-7(8)11(9)15/h3-6,13-14H,1-2H3. The number of carbonyl (C=O) groups is 2. The predicted octanol–water partition coefficient (Wildman–Crippen LogP) is 0.716. The molecule has 0 bridgehead atoms. The van der Waals surface area contributed by atoms with Crippen LogP contribution in [0.5, 0.6) is 0 Å². The minimum absolute atomic E-state index is 0.151. The number of rotatable bonds is 2. The van der Waals surface area contributed by atoms with E-state index in [1.807, 2.05) is 0 Å². The second kappa shape index (κ2) is 3.81. The van der Waals surface area contributed by atoms with Crippen LogP contribution in [0.4, 0.5) is 0 Å². The lowest BCUT2D eigenvalue weighted by Gasteiger charge is -2.20. The Labute approximate surface area is 93.3 Å². The van der Waals surface area contributed by atoms with Crippen molar-refractivity contribution in [3.05, 3.63) is 46.8 Å². The summed E-state index contributed by atoms with van der Waals surface area (Å²) in [6.45, 7) is 0. The Morgan fingerprint density at radius 3 is 1.50 bits per heavy atom. The summed E-state index contributed by atoms with van der Waals surface area (Å²) in [5.41, 5.74) is 1.56. The van der Waals surface area contributed by atoms with Gasteiger partial charge in [-0.05, 0) is 0 Å². The average Bonchev–Trinajstić information content (AvgIpc) is 2.33. The van der Waals surface area contributed by atoms with Gasteiger partial charge in [0.1, 0.15) is 11.4 Å². The van der Waals surface area contributed by atoms with Crippen molar-refractivity contribution in [2.45, 2.75) is 0 Å². The van der Waals surface area contributed by atoms with E-state index in [1.54, 1.807) is 38.4 Å². The lowest BCUT2D eigenvalue weighted by molar-refractivity contribution is 0.0964. The number of likely N-dealkylation sites (N-methyl/N-ethyl adjacent to an activating group) is 2. The number of allylic oxidation sites excluding steroid dienone is 2. The topological polar surface area (TPSA) is 58.2 Å². The number of Topliss-reactive ketones (excluding diaryl/α,β-unsaturated/α-hetero) is 2. The van der Waals surface area contributed by atoms with Gasteiger partial charge in [-0.25, -0.2) is 0 Å². The Bertz CT molecular complexity index is 458. The molecular weight excluding hydrogens is 204 g/mol. The normalized spacial score (nSPS) is 14.9. The zero-order valence-corrected chi connectivity index (χ0v) is 9.13. The van der Waals surface area contributed by atoms with Crippen LogP contribution in [-0.2, 0) is 0 Å². The molecule has 0 atom stereocenters. The van der Waals surface area contributed by atoms with Crippen molar-refractivity contribution >= 4 is 11.6 Å². The summed E-state index contributed by atoms with van der Waals surface area (Å²) in [7, 11) is 3.26. The van der Waals surface area contributed by atoms with Gasteiger partial charge in [-0.1, -0.05) is 24.3 Å². The van der Waals surface area contributed by atoms with E-state index in [-0.39, 0.29) is 11.6 Å². The maximum Gasteiger partial charge on any atom is 0.211 e. The van der Waals surface area contributed by atoms with Gasteiger partial charge in [0.25, 0.3) is 0 Å². The summed E-state index contributed by atoms with van der Waals surface area (Å²) in [6, 6.07) is 6.84. The van der Waals surface area contributed by atoms with Crippen molar-refractivity contribution < 1.29 is 9.59 Å². The van der Waals surface area contributed by atoms with Crippen LogP contribution in [0, 0.1) is 0 Å². The van der Waals surface area contributed by atoms with E-state index in [2.05, 4.69) is 10.6 Å². The molecule has 0 aromatic heterocycles. The molecule has 0 saturated heterocycles. The molecule has 16 heavy (non-hydrogen) atoms. The van der Waals surface area contributed by atoms with Gasteiger partial charge in [0.15, 0.2) is 0 Å². The third kappa shape index (κ3) is 1.31. The number of carbonyl (C=O) groups excluding carboxylic acids is 2. The van der Waals surface area contributed by atoms with E-state index < -0.39 is 0 Å². The number of fused-ring (bicyclic) bond motifs is 1. The number of hydrogen-bond donors (Lipinski definition) is 2. The van der Waals surface area contributed by atoms with E-state index in [0.717, 1.165) is 0 Å². The molecule has 1 aromatic carbocycles. The minimum atomic E-state index is -0.151. The Morgan fingerprint density at radius 2 is 1.19 bits per heavy atom. The number of benzene rings is 1. The van der Waals surface area contributed by atoms with Crippen molar-refractivity contribution in [2.24, 2.45) is 0 Å². The van der Waals surface area contributed by atoms with Gasteiger partial charge in [0, 0.05) is 25.2 Å². The molecule has 4 heteroatoms. The highest BCUT2D eigenvalue weighted by Gasteiger charge is 2.30. The zero-order chi connectivity index (χ0) is 11.7. The first-order chi connectivity index (χ1) is 7.70. The van der Waals surface area contributed by atoms with Gasteiger partial charge in [-0.15, -0.1) is 0 Å². The molecule has 2 rings (SSSR count). The Kier molecular flexibility index (Phi) is 2.48. The first kappa shape index (κ1) is 10.4. The van der Waals surface area contributed by atoms with Gasteiger partial charge in [0.05, 0.1) is 0 Å². The van der Waals surface area contributed by atoms with E-state index in [0.29, 0.717) is 22.5 Å². The fourth-order valence-corrected chi connectivity index (χ4v) is 1.85. The van der Waals surface area contributed by atoms with Crippen molar-refractivity contribution in [1.82, 2.24) is 10.6 Å². The third-order valence-electron chi connectivity index (χ3n) is 2.62. The Balaban J connectivity index is 2.67. The summed E-state index contributed by atoms with van der Waals surface area (Å²) in [6.07, 6.45) is 0. The molecule has 1 aliphatic rings. The van der Waals surface area contributed by atoms with Gasteiger partial charge < -0.3 is 10.6 Å². The minimum Gasteiger partial charge on any atom is -0.383 e. The number of ketones is 2. The van der Waals surface area contributed by atoms with Gasteiger partial charge in [-0.2, -0.15) is 0 Å². The Hall–Kier alpha value is -2.10. The number of nitrogens with one attached hydrogen (secondary N) is 2. The van der Waals surface area contributed by atoms with Crippen LogP contribution in [-0.4, -0.2) is 25.7 Å². The van der Waals surface area contributed by atoms with E-state index in [4.69, 9.17) is 0 Å². The highest BCUT2D eigenvalue weighted by Crippen LogP contribution is 2.23. The zero-order valence-electron chi connectivity index (χ0n) is 9.13. The molecule has 82 valence electrons. The monoisotopic (exact) mass is 216 g/mol. The van der Waals surface area contributed by atoms with Crippen molar-refractivity contribution in [3.8, 4) is 0 Å². The van der Waals surface area contributed by atoms with Crippen LogP contribution in [0.2, 0.25) is 0 Å². The van der Waals surface area contributed by atoms with Crippen LogP contribution >= 0.6 is 0 Å². The molecule has 1 aliphatic carbocycles. The molecule has 0 fully saturated rings. The third-order valence-corrected chi connectivity index (χ3v) is 2.62. The highest BCUT2D eigenvalue weighted by molar-refractivity contribution is 6.26. The fourth-order valence-electron chi connectivity index (χ4n) is 1.85. The van der Waals surface area contributed by atoms with Crippen LogP contribution in [0.15, 0.2) is 35.7 Å². The maximum atomic E-state index is 12.1. The molecule has 0 amide bonds. The van der Waals surface area contributed by atoms with Crippen molar-refractivity contribution in [2.75, 3.05) is 14.1 Å². The SMILES string of the molecule is CNC1=C(NC)C(=O)c2ccccc2C1=O. The van der Waals surface area contributed by atoms with Crippen molar-refractivity contribution in [1.29, 1.82) is 0 Å². The molecular formula is C12H12N2O2. The summed E-state index contributed by atoms with van der Waals surface area (Å²) >= 11 is 0. The summed E-state index contributed by atoms with van der Waals surface area (Å²) in [4.78, 5) is 24.1. The first-order valence-corrected chi connectivity index (χ1v) is 4.99. The molecule has 0 spiro atoms. The first-order valence-electron chi connectivity index (χ1n) is 4.99. The molecule has 1 aromatic rings. The highest BCUT2D eigenvalue weighted by atomic mass is 16.1. The largest absolute Gasteiger partial charge is 0.383 e. The van der Waals surface area contributed by atoms with Gasteiger partial charge in [-0.3, -0.25) is 9.59 Å². The van der Waals surface area contributed by atoms with E-state index >= 15 is 0 Å². The number of hydrogen-bond acceptors (Lipinski definition) is 4. The second-order valence-electron chi connectivity index (χ2n) is 3.45. The van der Waals surface area contributed by atoms with Crippen LogP contribution in [0.3, 0.4) is 0 Å². The molecule has 0 radical (unpaired) electrons. The molecule has 2 N–H and O–H groups in total. The quantitative estimate of drug-likeness (QED) is 0.764. The summed E-state index contributed by atoms with van der Waals surface area (Å²) in [5.74, 6) is -0.302. The predicted molar refractivity (Wildman–Crippen MR) is 60.2 cm³/mol.